The number of aryl methyl sites for hydroxylation is 2. The summed E-state index contributed by atoms with van der Waals surface area (Å²) in [5.41, 5.74) is 10.5. The minimum atomic E-state index is -0.251. The normalized spacial score (nSPS) is 11.4. The molecule has 0 atom stereocenters. The monoisotopic (exact) mass is 628 g/mol. The molecule has 0 radical (unpaired) electrons. The Morgan fingerprint density at radius 1 is 0.457 bits per heavy atom. The van der Waals surface area contributed by atoms with Gasteiger partial charge in [0.25, 0.3) is 0 Å². The summed E-state index contributed by atoms with van der Waals surface area (Å²) in [6.07, 6.45) is 0. The Morgan fingerprint density at radius 3 is 1.26 bits per heavy atom. The second-order valence-corrected chi connectivity index (χ2v) is 12.6. The standard InChI is InChI=1S/C43H34.2CH3.Ti/c1-27-25-31-17-11-23-37(41(31)39(27)35-21-9-15-29-13-5-7-19-33(29)35)43(3,4)38-24-12-18-32-26-28(2)40(42(32)38)36-22-10-16-30-14-6-8-20-34(30)36;;;/h5-26H,1-4H3;2*1H3;/q-2;2*-1;+4. The zero-order chi connectivity index (χ0) is 29.3. The molecule has 0 N–H and O–H groups in total. The molecule has 0 saturated carbocycles. The van der Waals surface area contributed by atoms with Gasteiger partial charge < -0.3 is 14.9 Å². The SMILES string of the molecule is Cc1[cH-]c2cccc(C(C)(C)c3cccc4[cH-]c(C)c(-c5cccc6ccccc56)c34)c2c1-c1cccc2ccccc12.[CH3-].[CH3-].[Ti+4]. The van der Waals surface area contributed by atoms with Gasteiger partial charge in [0, 0.05) is 0 Å². The van der Waals surface area contributed by atoms with E-state index in [1.165, 1.54) is 87.6 Å². The molecule has 0 heterocycles. The van der Waals surface area contributed by atoms with Gasteiger partial charge in [-0.1, -0.05) is 147 Å². The summed E-state index contributed by atoms with van der Waals surface area (Å²) in [4.78, 5) is 0. The van der Waals surface area contributed by atoms with Crippen LogP contribution in [0.3, 0.4) is 0 Å². The molecule has 46 heavy (non-hydrogen) atoms. The van der Waals surface area contributed by atoms with Crippen LogP contribution in [0.5, 0.6) is 0 Å². The van der Waals surface area contributed by atoms with Gasteiger partial charge in [-0.15, -0.1) is 80.2 Å². The Balaban J connectivity index is 0.00000139. The molecule has 0 amide bonds. The molecule has 8 aromatic rings. The Kier molecular flexibility index (Phi) is 9.02. The molecule has 0 aromatic heterocycles. The van der Waals surface area contributed by atoms with E-state index >= 15 is 0 Å². The van der Waals surface area contributed by atoms with E-state index in [2.05, 4.69) is 161 Å². The quantitative estimate of drug-likeness (QED) is 0.134. The predicted octanol–water partition coefficient (Wildman–Crippen LogP) is 12.9. The van der Waals surface area contributed by atoms with Gasteiger partial charge in [0.2, 0.25) is 0 Å². The third kappa shape index (κ3) is 4.96. The van der Waals surface area contributed by atoms with Crippen molar-refractivity contribution in [3.63, 3.8) is 0 Å². The van der Waals surface area contributed by atoms with E-state index < -0.39 is 0 Å². The number of benzene rings is 6. The second-order valence-electron chi connectivity index (χ2n) is 12.6. The van der Waals surface area contributed by atoms with Gasteiger partial charge in [-0.3, -0.25) is 0 Å². The van der Waals surface area contributed by atoms with Gasteiger partial charge >= 0.3 is 21.7 Å². The summed E-state index contributed by atoms with van der Waals surface area (Å²) >= 11 is 0. The van der Waals surface area contributed by atoms with Crippen LogP contribution in [0.4, 0.5) is 0 Å². The van der Waals surface area contributed by atoms with Crippen LogP contribution in [0.1, 0.15) is 36.1 Å². The smallest absolute Gasteiger partial charge is 0.358 e. The van der Waals surface area contributed by atoms with E-state index in [1.807, 2.05) is 0 Å². The number of hydrogen-bond acceptors (Lipinski definition) is 0. The molecule has 0 fully saturated rings. The van der Waals surface area contributed by atoms with E-state index in [0.717, 1.165) is 0 Å². The van der Waals surface area contributed by atoms with Gasteiger partial charge in [-0.2, -0.15) is 0 Å². The van der Waals surface area contributed by atoms with Crippen molar-refractivity contribution < 1.29 is 21.7 Å². The molecule has 8 aromatic carbocycles. The number of hydrogen-bond donors (Lipinski definition) is 0. The minimum Gasteiger partial charge on any atom is -0.358 e. The summed E-state index contributed by atoms with van der Waals surface area (Å²) in [5, 5.41) is 10.5. The van der Waals surface area contributed by atoms with Crippen molar-refractivity contribution in [1.82, 2.24) is 0 Å². The van der Waals surface area contributed by atoms with Crippen molar-refractivity contribution in [2.24, 2.45) is 0 Å². The topological polar surface area (TPSA) is 0 Å². The van der Waals surface area contributed by atoms with Crippen molar-refractivity contribution in [1.29, 1.82) is 0 Å². The summed E-state index contributed by atoms with van der Waals surface area (Å²) in [6, 6.07) is 49.5. The van der Waals surface area contributed by atoms with E-state index in [9.17, 15) is 0 Å². The minimum absolute atomic E-state index is 0. The third-order valence-corrected chi connectivity index (χ3v) is 9.69. The first-order valence-electron chi connectivity index (χ1n) is 15.3. The second kappa shape index (κ2) is 12.5. The Labute approximate surface area is 289 Å². The molecule has 0 bridgehead atoms. The van der Waals surface area contributed by atoms with Crippen LogP contribution in [0, 0.1) is 28.7 Å². The fourth-order valence-electron chi connectivity index (χ4n) is 7.71. The molecule has 0 aliphatic rings. The van der Waals surface area contributed by atoms with Crippen molar-refractivity contribution in [3.05, 3.63) is 171 Å². The molecular formula is C45H40Ti. The summed E-state index contributed by atoms with van der Waals surface area (Å²) in [6.45, 7) is 9.38. The van der Waals surface area contributed by atoms with Crippen molar-refractivity contribution >= 4 is 43.1 Å². The van der Waals surface area contributed by atoms with E-state index in [0.29, 0.717) is 0 Å². The fourth-order valence-corrected chi connectivity index (χ4v) is 7.71. The maximum atomic E-state index is 2.42. The molecule has 0 nitrogen and oxygen atoms in total. The number of rotatable bonds is 4. The average molecular weight is 629 g/mol. The molecule has 1 heteroatoms. The van der Waals surface area contributed by atoms with E-state index in [1.54, 1.807) is 0 Å². The molecule has 0 unspecified atom stereocenters. The van der Waals surface area contributed by atoms with Gasteiger partial charge in [0.15, 0.2) is 0 Å². The largest absolute Gasteiger partial charge is 4.00 e. The molecule has 0 aliphatic carbocycles. The van der Waals surface area contributed by atoms with Gasteiger partial charge in [0.1, 0.15) is 0 Å². The van der Waals surface area contributed by atoms with Gasteiger partial charge in [0.05, 0.1) is 0 Å². The summed E-state index contributed by atoms with van der Waals surface area (Å²) in [5.74, 6) is 0. The Bertz CT molecular complexity index is 2160. The maximum Gasteiger partial charge on any atom is 4.00 e. The van der Waals surface area contributed by atoms with Crippen molar-refractivity contribution in [2.45, 2.75) is 33.1 Å². The predicted molar refractivity (Wildman–Crippen MR) is 199 cm³/mol. The van der Waals surface area contributed by atoms with Crippen LogP contribution in [0.25, 0.3) is 65.3 Å². The van der Waals surface area contributed by atoms with Crippen LogP contribution >= 0.6 is 0 Å². The Hall–Kier alpha value is -4.23. The maximum absolute atomic E-state index is 2.42. The van der Waals surface area contributed by atoms with Crippen molar-refractivity contribution in [2.75, 3.05) is 0 Å². The van der Waals surface area contributed by atoms with Crippen molar-refractivity contribution in [3.8, 4) is 22.3 Å². The van der Waals surface area contributed by atoms with Crippen LogP contribution in [0.2, 0.25) is 0 Å². The van der Waals surface area contributed by atoms with E-state index in [-0.39, 0.29) is 42.0 Å². The Morgan fingerprint density at radius 2 is 0.826 bits per heavy atom. The number of fused-ring (bicyclic) bond motifs is 4. The van der Waals surface area contributed by atoms with Crippen LogP contribution < -0.4 is 0 Å². The molecule has 0 aliphatic heterocycles. The van der Waals surface area contributed by atoms with Gasteiger partial charge in [-0.25, -0.2) is 0 Å². The fraction of sp³-hybridized carbons (Fsp3) is 0.111. The van der Waals surface area contributed by atoms with E-state index in [4.69, 9.17) is 0 Å². The zero-order valence-corrected chi connectivity index (χ0v) is 29.3. The average Bonchev–Trinajstić information content (AvgIpc) is 3.55. The van der Waals surface area contributed by atoms with Crippen LogP contribution in [-0.2, 0) is 27.1 Å². The first-order chi connectivity index (χ1) is 20.9. The first-order valence-corrected chi connectivity index (χ1v) is 15.3. The zero-order valence-electron chi connectivity index (χ0n) is 27.7. The van der Waals surface area contributed by atoms with Crippen LogP contribution in [-0.4, -0.2) is 0 Å². The van der Waals surface area contributed by atoms with Gasteiger partial charge in [-0.05, 0) is 27.0 Å². The summed E-state index contributed by atoms with van der Waals surface area (Å²) < 4.78 is 0. The first kappa shape index (κ1) is 33.1. The molecular weight excluding hydrogens is 588 g/mol. The molecule has 8 rings (SSSR count). The summed E-state index contributed by atoms with van der Waals surface area (Å²) in [7, 11) is 0. The molecule has 0 saturated heterocycles. The molecule has 224 valence electrons. The van der Waals surface area contributed by atoms with Crippen LogP contribution in [0.15, 0.2) is 133 Å². The third-order valence-electron chi connectivity index (χ3n) is 9.69. The molecule has 0 spiro atoms.